The third-order valence-electron chi connectivity index (χ3n) is 3.39. The predicted molar refractivity (Wildman–Crippen MR) is 78.8 cm³/mol. The monoisotopic (exact) mass is 288 g/mol. The molecule has 0 saturated heterocycles. The molecule has 112 valence electrons. The molecule has 0 saturated carbocycles. The summed E-state index contributed by atoms with van der Waals surface area (Å²) >= 11 is 0. The Bertz CT molecular complexity index is 552. The molecule has 0 aliphatic rings. The van der Waals surface area contributed by atoms with E-state index >= 15 is 0 Å². The molecule has 21 heavy (non-hydrogen) atoms. The Hall–Kier alpha value is -2.21. The van der Waals surface area contributed by atoms with Crippen molar-refractivity contribution in [2.24, 2.45) is 0 Å². The van der Waals surface area contributed by atoms with E-state index in [1.54, 1.807) is 13.1 Å². The largest absolute Gasteiger partial charge is 0.481 e. The van der Waals surface area contributed by atoms with Gasteiger partial charge in [0.1, 0.15) is 0 Å². The molecule has 0 fully saturated rings. The maximum atomic E-state index is 10.9. The summed E-state index contributed by atoms with van der Waals surface area (Å²) in [6, 6.07) is 7.70. The molecule has 0 amide bonds. The Labute approximate surface area is 123 Å². The summed E-state index contributed by atoms with van der Waals surface area (Å²) in [5.74, 6) is -1.26. The number of carboxylic acids is 1. The lowest BCUT2D eigenvalue weighted by molar-refractivity contribution is -0.138. The number of carbonyl (C=O) groups is 1. The molecule has 0 bridgehead atoms. The molecule has 2 aromatic rings. The molecule has 6 nitrogen and oxygen atoms in total. The van der Waals surface area contributed by atoms with Crippen LogP contribution in [0.1, 0.15) is 30.4 Å². The average Bonchev–Trinajstić information content (AvgIpc) is 3.00. The molecule has 1 atom stereocenters. The third kappa shape index (κ3) is 4.68. The van der Waals surface area contributed by atoms with E-state index in [0.717, 1.165) is 37.2 Å². The quantitative estimate of drug-likeness (QED) is 0.722. The molecule has 2 rings (SSSR count). The molecule has 0 aliphatic heterocycles. The first kappa shape index (κ1) is 15.2. The second kappa shape index (κ2) is 7.54. The Morgan fingerprint density at radius 2 is 2.14 bits per heavy atom. The summed E-state index contributed by atoms with van der Waals surface area (Å²) in [6.07, 6.45) is 4.51. The van der Waals surface area contributed by atoms with Crippen molar-refractivity contribution >= 4 is 5.97 Å². The molecule has 1 unspecified atom stereocenters. The van der Waals surface area contributed by atoms with Crippen LogP contribution in [-0.4, -0.2) is 32.6 Å². The van der Waals surface area contributed by atoms with Gasteiger partial charge in [0.2, 0.25) is 0 Å². The highest BCUT2D eigenvalue weighted by molar-refractivity contribution is 5.75. The number of benzene rings is 1. The fraction of sp³-hybridized carbons (Fsp3) is 0.400. The molecule has 2 N–H and O–H groups in total. The van der Waals surface area contributed by atoms with E-state index in [9.17, 15) is 4.79 Å². The van der Waals surface area contributed by atoms with E-state index in [-0.39, 0.29) is 0 Å². The second-order valence-electron chi connectivity index (χ2n) is 5.00. The standard InChI is InChI=1S/C15H20N4O2/c1-12(15(20)21)14-5-3-13(4-6-14)11-16-7-2-9-19-10-8-17-18-19/h3-6,8,10,12,16H,2,7,9,11H2,1H3,(H,20,21). The van der Waals surface area contributed by atoms with Crippen LogP contribution in [0.25, 0.3) is 0 Å². The van der Waals surface area contributed by atoms with Gasteiger partial charge in [0.05, 0.1) is 12.1 Å². The number of hydrogen-bond donors (Lipinski definition) is 2. The molecule has 6 heteroatoms. The highest BCUT2D eigenvalue weighted by Crippen LogP contribution is 2.15. The molecule has 0 spiro atoms. The Kier molecular flexibility index (Phi) is 5.45. The van der Waals surface area contributed by atoms with Gasteiger partial charge in [-0.15, -0.1) is 5.10 Å². The number of nitrogens with one attached hydrogen (secondary N) is 1. The number of aliphatic carboxylic acids is 1. The molecule has 1 aromatic heterocycles. The highest BCUT2D eigenvalue weighted by Gasteiger charge is 2.12. The lowest BCUT2D eigenvalue weighted by Gasteiger charge is -2.09. The van der Waals surface area contributed by atoms with Crippen LogP contribution in [0.3, 0.4) is 0 Å². The molecular formula is C15H20N4O2. The van der Waals surface area contributed by atoms with Crippen molar-refractivity contribution in [3.8, 4) is 0 Å². The number of nitrogens with zero attached hydrogens (tertiary/aromatic N) is 3. The zero-order valence-electron chi connectivity index (χ0n) is 12.1. The minimum absolute atomic E-state index is 0.463. The van der Waals surface area contributed by atoms with Gasteiger partial charge in [-0.2, -0.15) is 0 Å². The van der Waals surface area contributed by atoms with Gasteiger partial charge in [-0.05, 0) is 31.0 Å². The SMILES string of the molecule is CC(C(=O)O)c1ccc(CNCCCn2ccnn2)cc1. The Morgan fingerprint density at radius 1 is 1.38 bits per heavy atom. The minimum atomic E-state index is -0.797. The van der Waals surface area contributed by atoms with Crippen LogP contribution in [0.5, 0.6) is 0 Å². The van der Waals surface area contributed by atoms with Crippen LogP contribution < -0.4 is 5.32 Å². The van der Waals surface area contributed by atoms with Gasteiger partial charge < -0.3 is 10.4 Å². The summed E-state index contributed by atoms with van der Waals surface area (Å²) in [7, 11) is 0. The summed E-state index contributed by atoms with van der Waals surface area (Å²) in [6.45, 7) is 4.22. The second-order valence-corrected chi connectivity index (χ2v) is 5.00. The maximum Gasteiger partial charge on any atom is 0.310 e. The van der Waals surface area contributed by atoms with Gasteiger partial charge in [-0.3, -0.25) is 9.48 Å². The summed E-state index contributed by atoms with van der Waals surface area (Å²) < 4.78 is 1.81. The smallest absolute Gasteiger partial charge is 0.310 e. The van der Waals surface area contributed by atoms with E-state index in [1.807, 2.05) is 35.1 Å². The number of rotatable bonds is 8. The first-order valence-corrected chi connectivity index (χ1v) is 7.03. The first-order chi connectivity index (χ1) is 10.2. The topological polar surface area (TPSA) is 80.0 Å². The summed E-state index contributed by atoms with van der Waals surface area (Å²) in [4.78, 5) is 10.9. The number of carboxylic acid groups (broad SMARTS) is 1. The van der Waals surface area contributed by atoms with Crippen LogP contribution >= 0.6 is 0 Å². The van der Waals surface area contributed by atoms with Gasteiger partial charge >= 0.3 is 5.97 Å². The van der Waals surface area contributed by atoms with Crippen molar-refractivity contribution in [2.45, 2.75) is 32.4 Å². The van der Waals surface area contributed by atoms with Crippen molar-refractivity contribution in [1.82, 2.24) is 20.3 Å². The van der Waals surface area contributed by atoms with Crippen LogP contribution in [0.2, 0.25) is 0 Å². The lowest BCUT2D eigenvalue weighted by Crippen LogP contribution is -2.16. The van der Waals surface area contributed by atoms with E-state index in [1.165, 1.54) is 0 Å². The van der Waals surface area contributed by atoms with E-state index in [2.05, 4.69) is 15.6 Å². The average molecular weight is 288 g/mol. The van der Waals surface area contributed by atoms with E-state index in [0.29, 0.717) is 0 Å². The number of hydrogen-bond acceptors (Lipinski definition) is 4. The van der Waals surface area contributed by atoms with Gasteiger partial charge in [0, 0.05) is 19.3 Å². The maximum absolute atomic E-state index is 10.9. The molecule has 1 aromatic carbocycles. The predicted octanol–water partition coefficient (Wildman–Crippen LogP) is 1.65. The first-order valence-electron chi connectivity index (χ1n) is 7.03. The summed E-state index contributed by atoms with van der Waals surface area (Å²) in [5.41, 5.74) is 1.98. The van der Waals surface area contributed by atoms with Crippen LogP contribution in [-0.2, 0) is 17.9 Å². The highest BCUT2D eigenvalue weighted by atomic mass is 16.4. The van der Waals surface area contributed by atoms with Gasteiger partial charge in [0.25, 0.3) is 0 Å². The Balaban J connectivity index is 1.70. The summed E-state index contributed by atoms with van der Waals surface area (Å²) in [5, 5.41) is 20.0. The molecule has 0 aliphatic carbocycles. The Morgan fingerprint density at radius 3 is 2.76 bits per heavy atom. The third-order valence-corrected chi connectivity index (χ3v) is 3.39. The molecular weight excluding hydrogens is 268 g/mol. The lowest BCUT2D eigenvalue weighted by atomic mass is 10.0. The van der Waals surface area contributed by atoms with Crippen LogP contribution in [0.15, 0.2) is 36.7 Å². The minimum Gasteiger partial charge on any atom is -0.481 e. The van der Waals surface area contributed by atoms with Gasteiger partial charge in [0.15, 0.2) is 0 Å². The number of aromatic nitrogens is 3. The number of aryl methyl sites for hydroxylation is 1. The van der Waals surface area contributed by atoms with Crippen molar-refractivity contribution in [1.29, 1.82) is 0 Å². The van der Waals surface area contributed by atoms with Crippen molar-refractivity contribution in [3.05, 3.63) is 47.8 Å². The fourth-order valence-electron chi connectivity index (χ4n) is 2.02. The van der Waals surface area contributed by atoms with Crippen molar-refractivity contribution in [2.75, 3.05) is 6.54 Å². The normalized spacial score (nSPS) is 12.2. The van der Waals surface area contributed by atoms with E-state index in [4.69, 9.17) is 5.11 Å². The zero-order valence-corrected chi connectivity index (χ0v) is 12.1. The van der Waals surface area contributed by atoms with Crippen molar-refractivity contribution < 1.29 is 9.90 Å². The van der Waals surface area contributed by atoms with Crippen LogP contribution in [0.4, 0.5) is 0 Å². The van der Waals surface area contributed by atoms with Gasteiger partial charge in [-0.25, -0.2) is 0 Å². The molecule has 1 heterocycles. The fourth-order valence-corrected chi connectivity index (χ4v) is 2.02. The molecule has 0 radical (unpaired) electrons. The van der Waals surface area contributed by atoms with E-state index < -0.39 is 11.9 Å². The van der Waals surface area contributed by atoms with Gasteiger partial charge in [-0.1, -0.05) is 29.5 Å². The van der Waals surface area contributed by atoms with Crippen LogP contribution in [0, 0.1) is 0 Å². The van der Waals surface area contributed by atoms with Crippen molar-refractivity contribution in [3.63, 3.8) is 0 Å². The zero-order chi connectivity index (χ0) is 15.1.